The number of hydrogen-bond donors (Lipinski definition) is 2. The summed E-state index contributed by atoms with van der Waals surface area (Å²) in [6.07, 6.45) is -0.0381. The van der Waals surface area contributed by atoms with Gasteiger partial charge in [0, 0.05) is 30.8 Å². The van der Waals surface area contributed by atoms with Gasteiger partial charge in [-0.15, -0.1) is 0 Å². The average molecular weight is 377 g/mol. The fourth-order valence-corrected chi connectivity index (χ4v) is 3.16. The number of nitrogens with one attached hydrogen (secondary N) is 1. The molecule has 2 amide bonds. The van der Waals surface area contributed by atoms with Crippen LogP contribution in [0.2, 0.25) is 5.02 Å². The van der Waals surface area contributed by atoms with E-state index in [2.05, 4.69) is 5.32 Å². The van der Waals surface area contributed by atoms with Crippen LogP contribution in [0.4, 0.5) is 10.1 Å². The Hall–Kier alpha value is -2.44. The smallest absolute Gasteiger partial charge is 0.268 e. The largest absolute Gasteiger partial charge is 0.372 e. The van der Waals surface area contributed by atoms with Crippen molar-refractivity contribution in [2.75, 3.05) is 11.4 Å². The summed E-state index contributed by atoms with van der Waals surface area (Å²) in [5.41, 5.74) is -0.402. The van der Waals surface area contributed by atoms with Crippen LogP contribution in [0.3, 0.4) is 0 Å². The van der Waals surface area contributed by atoms with Gasteiger partial charge in [-0.05, 0) is 30.7 Å². The third-order valence-corrected chi connectivity index (χ3v) is 4.75. The first kappa shape index (κ1) is 18.4. The van der Waals surface area contributed by atoms with Crippen LogP contribution >= 0.6 is 11.6 Å². The van der Waals surface area contributed by atoms with Gasteiger partial charge in [-0.3, -0.25) is 9.59 Å². The zero-order chi connectivity index (χ0) is 18.9. The van der Waals surface area contributed by atoms with Crippen LogP contribution in [0.25, 0.3) is 0 Å². The molecule has 1 unspecified atom stereocenters. The van der Waals surface area contributed by atoms with Crippen LogP contribution in [0, 0.1) is 12.7 Å². The molecular formula is C19H18ClFN2O3. The van der Waals surface area contributed by atoms with Gasteiger partial charge in [-0.1, -0.05) is 35.9 Å². The van der Waals surface area contributed by atoms with Crippen molar-refractivity contribution in [1.29, 1.82) is 0 Å². The summed E-state index contributed by atoms with van der Waals surface area (Å²) < 4.78 is 13.9. The van der Waals surface area contributed by atoms with Gasteiger partial charge >= 0.3 is 0 Å². The number of benzene rings is 2. The summed E-state index contributed by atoms with van der Waals surface area (Å²) in [6, 6.07) is 11.7. The lowest BCUT2D eigenvalue weighted by Crippen LogP contribution is -2.52. The molecule has 0 aliphatic carbocycles. The number of halogens is 2. The molecule has 0 bridgehead atoms. The van der Waals surface area contributed by atoms with E-state index in [1.165, 1.54) is 17.0 Å². The van der Waals surface area contributed by atoms with Gasteiger partial charge in [0.25, 0.3) is 11.8 Å². The summed E-state index contributed by atoms with van der Waals surface area (Å²) in [4.78, 5) is 26.4. The molecule has 1 fully saturated rings. The molecule has 1 heterocycles. The molecule has 1 aliphatic heterocycles. The van der Waals surface area contributed by atoms with Gasteiger partial charge in [-0.25, -0.2) is 4.39 Å². The Labute approximate surface area is 155 Å². The third-order valence-electron chi connectivity index (χ3n) is 4.46. The predicted molar refractivity (Wildman–Crippen MR) is 96.4 cm³/mol. The molecule has 0 aromatic heterocycles. The van der Waals surface area contributed by atoms with Crippen LogP contribution in [0.5, 0.6) is 0 Å². The molecular weight excluding hydrogens is 359 g/mol. The quantitative estimate of drug-likeness (QED) is 0.806. The lowest BCUT2D eigenvalue weighted by molar-refractivity contribution is -0.149. The zero-order valence-electron chi connectivity index (χ0n) is 14.1. The molecule has 26 heavy (non-hydrogen) atoms. The Morgan fingerprint density at radius 1 is 1.35 bits per heavy atom. The number of nitrogens with zero attached hydrogens (tertiary/aromatic N) is 1. The summed E-state index contributed by atoms with van der Waals surface area (Å²) in [5, 5.41) is 13.0. The SMILES string of the molecule is Cc1cccc(N2CCC(O)(C(=O)NCc3cccc(Cl)c3F)C2=O)c1. The van der Waals surface area contributed by atoms with Crippen LogP contribution in [0.1, 0.15) is 17.5 Å². The average Bonchev–Trinajstić information content (AvgIpc) is 2.92. The van der Waals surface area contributed by atoms with Crippen molar-refractivity contribution in [3.63, 3.8) is 0 Å². The number of carbonyl (C=O) groups is 2. The van der Waals surface area contributed by atoms with Crippen LogP contribution in [0.15, 0.2) is 42.5 Å². The third kappa shape index (κ3) is 3.30. The second-order valence-electron chi connectivity index (χ2n) is 6.30. The maximum atomic E-state index is 13.9. The number of aliphatic hydroxyl groups is 1. The highest BCUT2D eigenvalue weighted by atomic mass is 35.5. The molecule has 1 saturated heterocycles. The minimum absolute atomic E-state index is 0.0381. The standard InChI is InChI=1S/C19H18ClFN2O3/c1-12-4-2-6-14(10-12)23-9-8-19(26,18(23)25)17(24)22-11-13-5-3-7-15(20)16(13)21/h2-7,10,26H,8-9,11H2,1H3,(H,22,24). The van der Waals surface area contributed by atoms with Gasteiger partial charge in [-0.2, -0.15) is 0 Å². The highest BCUT2D eigenvalue weighted by Crippen LogP contribution is 2.29. The Morgan fingerprint density at radius 2 is 2.08 bits per heavy atom. The number of anilines is 1. The zero-order valence-corrected chi connectivity index (χ0v) is 14.9. The monoisotopic (exact) mass is 376 g/mol. The molecule has 7 heteroatoms. The fourth-order valence-electron chi connectivity index (χ4n) is 2.96. The predicted octanol–water partition coefficient (Wildman–Crippen LogP) is 2.57. The van der Waals surface area contributed by atoms with E-state index < -0.39 is 23.2 Å². The number of amides is 2. The van der Waals surface area contributed by atoms with Crippen molar-refractivity contribution in [3.8, 4) is 0 Å². The highest BCUT2D eigenvalue weighted by Gasteiger charge is 2.51. The molecule has 1 atom stereocenters. The van der Waals surface area contributed by atoms with Gasteiger partial charge in [0.1, 0.15) is 5.82 Å². The first-order valence-corrected chi connectivity index (χ1v) is 8.53. The Morgan fingerprint density at radius 3 is 2.81 bits per heavy atom. The summed E-state index contributed by atoms with van der Waals surface area (Å²) in [6.45, 7) is 1.94. The van der Waals surface area contributed by atoms with Crippen LogP contribution in [-0.2, 0) is 16.1 Å². The van der Waals surface area contributed by atoms with Crippen molar-refractivity contribution in [3.05, 3.63) is 64.4 Å². The van der Waals surface area contributed by atoms with Crippen molar-refractivity contribution in [1.82, 2.24) is 5.32 Å². The molecule has 136 valence electrons. The molecule has 2 aromatic rings. The number of carbonyl (C=O) groups excluding carboxylic acids is 2. The number of rotatable bonds is 4. The number of hydrogen-bond acceptors (Lipinski definition) is 3. The number of aryl methyl sites for hydroxylation is 1. The summed E-state index contributed by atoms with van der Waals surface area (Å²) >= 11 is 5.71. The molecule has 1 aliphatic rings. The first-order chi connectivity index (χ1) is 12.3. The van der Waals surface area contributed by atoms with E-state index in [4.69, 9.17) is 11.6 Å². The normalized spacial score (nSPS) is 19.7. The molecule has 5 nitrogen and oxygen atoms in total. The Kier molecular flexibility index (Phi) is 4.98. The highest BCUT2D eigenvalue weighted by molar-refractivity contribution is 6.30. The first-order valence-electron chi connectivity index (χ1n) is 8.15. The van der Waals surface area contributed by atoms with Crippen LogP contribution < -0.4 is 10.2 Å². The van der Waals surface area contributed by atoms with Gasteiger partial charge in [0.15, 0.2) is 0 Å². The summed E-state index contributed by atoms with van der Waals surface area (Å²) in [7, 11) is 0. The lowest BCUT2D eigenvalue weighted by atomic mass is 10.0. The lowest BCUT2D eigenvalue weighted by Gasteiger charge is -2.22. The van der Waals surface area contributed by atoms with Crippen molar-refractivity contribution < 1.29 is 19.1 Å². The second kappa shape index (κ2) is 7.05. The topological polar surface area (TPSA) is 69.6 Å². The van der Waals surface area contributed by atoms with E-state index >= 15 is 0 Å². The van der Waals surface area contributed by atoms with Gasteiger partial charge in [0.05, 0.1) is 5.02 Å². The van der Waals surface area contributed by atoms with Crippen molar-refractivity contribution >= 4 is 29.1 Å². The van der Waals surface area contributed by atoms with Crippen molar-refractivity contribution in [2.45, 2.75) is 25.5 Å². The van der Waals surface area contributed by atoms with Crippen LogP contribution in [-0.4, -0.2) is 29.1 Å². The minimum atomic E-state index is -2.17. The van der Waals surface area contributed by atoms with E-state index in [9.17, 15) is 19.1 Å². The van der Waals surface area contributed by atoms with E-state index in [0.717, 1.165) is 5.56 Å². The van der Waals surface area contributed by atoms with Gasteiger partial charge in [0.2, 0.25) is 5.60 Å². The summed E-state index contributed by atoms with van der Waals surface area (Å²) in [5.74, 6) is -2.18. The van der Waals surface area contributed by atoms with Crippen molar-refractivity contribution in [2.24, 2.45) is 0 Å². The maximum absolute atomic E-state index is 13.9. The molecule has 0 radical (unpaired) electrons. The Balaban J connectivity index is 1.73. The molecule has 0 saturated carbocycles. The fraction of sp³-hybridized carbons (Fsp3) is 0.263. The van der Waals surface area contributed by atoms with E-state index in [1.54, 1.807) is 18.2 Å². The second-order valence-corrected chi connectivity index (χ2v) is 6.71. The molecule has 3 rings (SSSR count). The van der Waals surface area contributed by atoms with E-state index in [-0.39, 0.29) is 30.1 Å². The molecule has 2 aromatic carbocycles. The minimum Gasteiger partial charge on any atom is -0.372 e. The Bertz CT molecular complexity index is 874. The molecule has 2 N–H and O–H groups in total. The van der Waals surface area contributed by atoms with Gasteiger partial charge < -0.3 is 15.3 Å². The maximum Gasteiger partial charge on any atom is 0.268 e. The van der Waals surface area contributed by atoms with E-state index in [1.807, 2.05) is 19.1 Å². The van der Waals surface area contributed by atoms with E-state index in [0.29, 0.717) is 5.69 Å². The molecule has 0 spiro atoms.